The molecule has 1 N–H and O–H groups in total. The van der Waals surface area contributed by atoms with Gasteiger partial charge in [0.2, 0.25) is 5.88 Å². The van der Waals surface area contributed by atoms with Crippen molar-refractivity contribution in [2.75, 3.05) is 34.4 Å². The standard InChI is InChI=1S/C24H33N3O4/c1-15-16(2)21(29-3)10-9-17(15)12-27-13-18-7-6-8-19(14-27)24(18,28)20-11-25-23(31-5)26-22(20)30-4/h9-11,18-19,28H,6-8,12-14H2,1-5H3/t18-,19-/m1/s1. The summed E-state index contributed by atoms with van der Waals surface area (Å²) in [7, 11) is 4.82. The third-order valence-electron chi connectivity index (χ3n) is 7.31. The van der Waals surface area contributed by atoms with E-state index in [2.05, 4.69) is 40.8 Å². The van der Waals surface area contributed by atoms with Crippen LogP contribution >= 0.6 is 0 Å². The molecule has 2 aliphatic rings. The lowest BCUT2D eigenvalue weighted by molar-refractivity contribution is -0.149. The zero-order chi connectivity index (χ0) is 22.2. The van der Waals surface area contributed by atoms with Crippen LogP contribution in [0.3, 0.4) is 0 Å². The van der Waals surface area contributed by atoms with Crippen LogP contribution in [-0.2, 0) is 12.1 Å². The van der Waals surface area contributed by atoms with Crippen LogP contribution in [0.15, 0.2) is 18.3 Å². The van der Waals surface area contributed by atoms with E-state index < -0.39 is 5.60 Å². The van der Waals surface area contributed by atoms with E-state index in [9.17, 15) is 5.11 Å². The zero-order valence-electron chi connectivity index (χ0n) is 19.1. The van der Waals surface area contributed by atoms with Gasteiger partial charge in [-0.2, -0.15) is 4.98 Å². The second-order valence-corrected chi connectivity index (χ2v) is 8.80. The van der Waals surface area contributed by atoms with E-state index in [0.717, 1.165) is 44.6 Å². The van der Waals surface area contributed by atoms with Gasteiger partial charge in [-0.1, -0.05) is 12.5 Å². The Labute approximate surface area is 184 Å². The number of aliphatic hydroxyl groups is 1. The highest BCUT2D eigenvalue weighted by atomic mass is 16.5. The Morgan fingerprint density at radius 3 is 2.35 bits per heavy atom. The number of piperidine rings is 1. The maximum atomic E-state index is 12.0. The van der Waals surface area contributed by atoms with Crippen LogP contribution in [0.25, 0.3) is 0 Å². The molecule has 2 heterocycles. The number of fused-ring (bicyclic) bond motifs is 2. The average Bonchev–Trinajstić information content (AvgIpc) is 2.77. The molecule has 0 spiro atoms. The summed E-state index contributed by atoms with van der Waals surface area (Å²) in [6.45, 7) is 6.79. The maximum absolute atomic E-state index is 12.0. The molecule has 1 saturated carbocycles. The minimum absolute atomic E-state index is 0.102. The Kier molecular flexibility index (Phi) is 6.08. The van der Waals surface area contributed by atoms with Crippen LogP contribution in [-0.4, -0.2) is 54.4 Å². The van der Waals surface area contributed by atoms with Crippen molar-refractivity contribution < 1.29 is 19.3 Å². The first-order valence-electron chi connectivity index (χ1n) is 11.0. The molecule has 1 aliphatic carbocycles. The number of aromatic nitrogens is 2. The number of likely N-dealkylation sites (tertiary alicyclic amines) is 1. The van der Waals surface area contributed by atoms with Crippen LogP contribution in [0.5, 0.6) is 17.6 Å². The third-order valence-corrected chi connectivity index (χ3v) is 7.31. The fourth-order valence-electron chi connectivity index (χ4n) is 5.48. The van der Waals surface area contributed by atoms with E-state index >= 15 is 0 Å². The van der Waals surface area contributed by atoms with Gasteiger partial charge in [0.25, 0.3) is 0 Å². The summed E-state index contributed by atoms with van der Waals surface area (Å²) in [5, 5.41) is 12.0. The molecular weight excluding hydrogens is 394 g/mol. The number of hydrogen-bond donors (Lipinski definition) is 1. The second kappa shape index (κ2) is 8.63. The average molecular weight is 428 g/mol. The summed E-state index contributed by atoms with van der Waals surface area (Å²) < 4.78 is 16.1. The SMILES string of the molecule is COc1ncc(C2(O)[C@@H]3CCC[C@@H]2CN(Cc2ccc(OC)c(C)c2C)C3)c(OC)n1. The quantitative estimate of drug-likeness (QED) is 0.758. The van der Waals surface area contributed by atoms with Crippen LogP contribution < -0.4 is 14.2 Å². The minimum Gasteiger partial charge on any atom is -0.496 e. The summed E-state index contributed by atoms with van der Waals surface area (Å²) in [6, 6.07) is 4.47. The number of hydrogen-bond acceptors (Lipinski definition) is 7. The van der Waals surface area contributed by atoms with E-state index in [1.54, 1.807) is 20.4 Å². The number of nitrogens with zero attached hydrogens (tertiary/aromatic N) is 3. The summed E-state index contributed by atoms with van der Waals surface area (Å²) in [6.07, 6.45) is 4.76. The van der Waals surface area contributed by atoms with Crippen molar-refractivity contribution >= 4 is 0 Å². The molecular formula is C24H33N3O4. The minimum atomic E-state index is -0.989. The monoisotopic (exact) mass is 427 g/mol. The number of rotatable bonds is 6. The largest absolute Gasteiger partial charge is 0.496 e. The Morgan fingerprint density at radius 2 is 1.74 bits per heavy atom. The van der Waals surface area contributed by atoms with Gasteiger partial charge in [-0.3, -0.25) is 4.90 Å². The van der Waals surface area contributed by atoms with Crippen molar-refractivity contribution in [2.24, 2.45) is 11.8 Å². The normalized spacial score (nSPS) is 25.9. The van der Waals surface area contributed by atoms with E-state index in [1.807, 2.05) is 0 Å². The van der Waals surface area contributed by atoms with Gasteiger partial charge in [-0.05, 0) is 49.4 Å². The Balaban J connectivity index is 1.61. The zero-order valence-corrected chi connectivity index (χ0v) is 19.1. The predicted octanol–water partition coefficient (Wildman–Crippen LogP) is 3.24. The molecule has 0 amide bonds. The highest BCUT2D eigenvalue weighted by molar-refractivity contribution is 5.43. The Morgan fingerprint density at radius 1 is 1.03 bits per heavy atom. The number of ether oxygens (including phenoxy) is 3. The van der Waals surface area contributed by atoms with Crippen molar-refractivity contribution in [3.8, 4) is 17.6 Å². The van der Waals surface area contributed by atoms with Gasteiger partial charge in [0, 0.05) is 37.7 Å². The molecule has 1 aliphatic heterocycles. The lowest BCUT2D eigenvalue weighted by atomic mass is 9.63. The molecule has 31 heavy (non-hydrogen) atoms. The summed E-state index contributed by atoms with van der Waals surface area (Å²) >= 11 is 0. The summed E-state index contributed by atoms with van der Waals surface area (Å²) in [5.74, 6) is 1.54. The summed E-state index contributed by atoms with van der Waals surface area (Å²) in [5.41, 5.74) is 3.47. The van der Waals surface area contributed by atoms with Gasteiger partial charge in [0.15, 0.2) is 0 Å². The number of methoxy groups -OCH3 is 3. The van der Waals surface area contributed by atoms with Gasteiger partial charge in [-0.15, -0.1) is 0 Å². The number of benzene rings is 1. The van der Waals surface area contributed by atoms with Crippen molar-refractivity contribution in [1.82, 2.24) is 14.9 Å². The molecule has 168 valence electrons. The molecule has 7 heteroatoms. The first-order valence-corrected chi connectivity index (χ1v) is 11.0. The molecule has 0 radical (unpaired) electrons. The molecule has 2 bridgehead atoms. The van der Waals surface area contributed by atoms with Gasteiger partial charge < -0.3 is 19.3 Å². The van der Waals surface area contributed by atoms with Crippen molar-refractivity contribution in [3.05, 3.63) is 40.6 Å². The smallest absolute Gasteiger partial charge is 0.319 e. The lowest BCUT2D eigenvalue weighted by Gasteiger charge is -2.53. The van der Waals surface area contributed by atoms with E-state index in [-0.39, 0.29) is 17.8 Å². The van der Waals surface area contributed by atoms with Gasteiger partial charge in [0.1, 0.15) is 11.4 Å². The third kappa shape index (κ3) is 3.74. The molecule has 0 unspecified atom stereocenters. The molecule has 2 aromatic rings. The highest BCUT2D eigenvalue weighted by Gasteiger charge is 2.53. The predicted molar refractivity (Wildman–Crippen MR) is 118 cm³/mol. The van der Waals surface area contributed by atoms with Crippen LogP contribution in [0.4, 0.5) is 0 Å². The first kappa shape index (κ1) is 21.8. The van der Waals surface area contributed by atoms with E-state index in [4.69, 9.17) is 14.2 Å². The van der Waals surface area contributed by atoms with Crippen molar-refractivity contribution in [1.29, 1.82) is 0 Å². The Hall–Kier alpha value is -2.38. The molecule has 2 atom stereocenters. The molecule has 2 fully saturated rings. The fourth-order valence-corrected chi connectivity index (χ4v) is 5.48. The molecule has 1 saturated heterocycles. The molecule has 1 aromatic carbocycles. The van der Waals surface area contributed by atoms with Crippen molar-refractivity contribution in [3.63, 3.8) is 0 Å². The highest BCUT2D eigenvalue weighted by Crippen LogP contribution is 2.51. The molecule has 1 aromatic heterocycles. The van der Waals surface area contributed by atoms with Crippen molar-refractivity contribution in [2.45, 2.75) is 45.3 Å². The van der Waals surface area contributed by atoms with Crippen LogP contribution in [0.2, 0.25) is 0 Å². The maximum Gasteiger partial charge on any atom is 0.319 e. The first-order chi connectivity index (χ1) is 14.9. The van der Waals surface area contributed by atoms with Gasteiger partial charge in [0.05, 0.1) is 26.9 Å². The van der Waals surface area contributed by atoms with Crippen LogP contribution in [0.1, 0.15) is 41.5 Å². The fraction of sp³-hybridized carbons (Fsp3) is 0.583. The molecule has 7 nitrogen and oxygen atoms in total. The lowest BCUT2D eigenvalue weighted by Crippen LogP contribution is -2.58. The molecule has 4 rings (SSSR count). The van der Waals surface area contributed by atoms with E-state index in [1.165, 1.54) is 23.8 Å². The summed E-state index contributed by atoms with van der Waals surface area (Å²) in [4.78, 5) is 11.1. The van der Waals surface area contributed by atoms with E-state index in [0.29, 0.717) is 11.4 Å². The van der Waals surface area contributed by atoms with Crippen LogP contribution in [0, 0.1) is 25.7 Å². The topological polar surface area (TPSA) is 76.9 Å². The second-order valence-electron chi connectivity index (χ2n) is 8.80. The Bertz CT molecular complexity index is 935. The van der Waals surface area contributed by atoms with Gasteiger partial charge in [-0.25, -0.2) is 4.98 Å². The van der Waals surface area contributed by atoms with Gasteiger partial charge >= 0.3 is 6.01 Å².